The molecule has 0 aliphatic rings. The highest BCUT2D eigenvalue weighted by atomic mass is 31.2. The van der Waals surface area contributed by atoms with Crippen molar-refractivity contribution in [1.29, 1.82) is 0 Å². The van der Waals surface area contributed by atoms with E-state index in [-0.39, 0.29) is 25.7 Å². The smallest absolute Gasteiger partial charge is 0.462 e. The number of carbonyl (C=O) groups is 4. The zero-order valence-corrected chi connectivity index (χ0v) is 68.3. The number of rotatable bonds is 79. The lowest BCUT2D eigenvalue weighted by Crippen LogP contribution is -2.30. The largest absolute Gasteiger partial charge is 0.472 e. The van der Waals surface area contributed by atoms with Crippen molar-refractivity contribution in [2.24, 2.45) is 23.7 Å². The van der Waals surface area contributed by atoms with Crippen molar-refractivity contribution in [3.63, 3.8) is 0 Å². The number of hydrogen-bond donors (Lipinski definition) is 3. The SMILES string of the molecule is CCC(C)CCCCCCCCCCCCC(=O)O[C@H](COC(=O)CCCCCCCCCCCC(C)C)COP(=O)(O)OC[C@H](O)COP(=O)(O)OC[C@@H](COC(=O)CCCCCCCCCCCCCC(C)C)OC(=O)CCCCCCCCCCCCCCCCCCCCC(C)C. The fraction of sp³-hybridized carbons (Fsp3) is 0.951. The van der Waals surface area contributed by atoms with Crippen molar-refractivity contribution in [3.05, 3.63) is 0 Å². The quantitative estimate of drug-likeness (QED) is 0.0222. The molecule has 3 N–H and O–H groups in total. The van der Waals surface area contributed by atoms with Crippen LogP contribution in [0, 0.1) is 23.7 Å². The average Bonchev–Trinajstić information content (AvgIpc) is 0.939. The molecule has 0 saturated heterocycles. The minimum atomic E-state index is -4.96. The van der Waals surface area contributed by atoms with Crippen LogP contribution < -0.4 is 0 Å². The van der Waals surface area contributed by atoms with E-state index in [0.29, 0.717) is 25.7 Å². The summed E-state index contributed by atoms with van der Waals surface area (Å²) in [6.45, 7) is 14.3. The van der Waals surface area contributed by atoms with Gasteiger partial charge in [-0.15, -0.1) is 0 Å². The van der Waals surface area contributed by atoms with E-state index < -0.39 is 97.5 Å². The zero-order chi connectivity index (χ0) is 74.6. The summed E-state index contributed by atoms with van der Waals surface area (Å²) in [6.07, 6.45) is 58.2. The standard InChI is InChI=1S/C82H160O17P2/c1-9-75(8)61-53-45-37-29-23-24-32-41-49-57-65-82(87)99-78(69-93-80(85)63-55-47-39-33-25-28-36-44-52-60-74(6)7)71-97-101(90,91)95-67-76(83)66-94-100(88,89)96-70-77(68-92-79(84)62-54-46-38-30-22-18-20-27-35-43-51-59-73(4)5)98-81(86)64-56-48-40-31-21-17-15-13-11-10-12-14-16-19-26-34-42-50-58-72(2)3/h72-78,83H,9-71H2,1-8H3,(H,88,89)(H,90,91)/t75?,76-,77-,78-/m1/s1. The van der Waals surface area contributed by atoms with Gasteiger partial charge >= 0.3 is 39.5 Å². The molecule has 0 aromatic carbocycles. The van der Waals surface area contributed by atoms with Gasteiger partial charge in [-0.25, -0.2) is 9.13 Å². The number of ether oxygens (including phenoxy) is 4. The summed E-state index contributed by atoms with van der Waals surface area (Å²) in [5.74, 6) is 1.03. The zero-order valence-electron chi connectivity index (χ0n) is 66.5. The molecule has 19 heteroatoms. The highest BCUT2D eigenvalue weighted by Gasteiger charge is 2.30. The van der Waals surface area contributed by atoms with Gasteiger partial charge in [0.15, 0.2) is 12.2 Å². The van der Waals surface area contributed by atoms with E-state index in [4.69, 9.17) is 37.0 Å². The normalized spacial score (nSPS) is 14.3. The fourth-order valence-corrected chi connectivity index (χ4v) is 14.2. The van der Waals surface area contributed by atoms with E-state index in [9.17, 15) is 43.2 Å². The number of unbranched alkanes of at least 4 members (excludes halogenated alkanes) is 44. The molecule has 0 amide bonds. The second-order valence-electron chi connectivity index (χ2n) is 31.2. The molecule has 0 aromatic heterocycles. The van der Waals surface area contributed by atoms with E-state index in [1.165, 1.54) is 225 Å². The number of phosphoric ester groups is 2. The van der Waals surface area contributed by atoms with Gasteiger partial charge in [0.1, 0.15) is 19.3 Å². The van der Waals surface area contributed by atoms with Gasteiger partial charge in [-0.2, -0.15) is 0 Å². The summed E-state index contributed by atoms with van der Waals surface area (Å²) in [6, 6.07) is 0. The van der Waals surface area contributed by atoms with Gasteiger partial charge in [0, 0.05) is 25.7 Å². The molecule has 0 aliphatic carbocycles. The van der Waals surface area contributed by atoms with Crippen LogP contribution in [0.25, 0.3) is 0 Å². The lowest BCUT2D eigenvalue weighted by atomic mass is 9.99. The van der Waals surface area contributed by atoms with E-state index in [1.54, 1.807) is 0 Å². The van der Waals surface area contributed by atoms with Gasteiger partial charge in [-0.1, -0.05) is 370 Å². The van der Waals surface area contributed by atoms with E-state index in [1.807, 2.05) is 0 Å². The Balaban J connectivity index is 5.25. The fourth-order valence-electron chi connectivity index (χ4n) is 12.6. The van der Waals surface area contributed by atoms with Crippen LogP contribution in [0.3, 0.4) is 0 Å². The van der Waals surface area contributed by atoms with Crippen LogP contribution in [0.4, 0.5) is 0 Å². The van der Waals surface area contributed by atoms with Gasteiger partial charge in [-0.3, -0.25) is 37.3 Å². The first-order chi connectivity index (χ1) is 48.6. The number of hydrogen-bond acceptors (Lipinski definition) is 15. The molecule has 0 aromatic rings. The van der Waals surface area contributed by atoms with Gasteiger partial charge in [0.05, 0.1) is 26.4 Å². The summed E-state index contributed by atoms with van der Waals surface area (Å²) in [7, 11) is -9.92. The summed E-state index contributed by atoms with van der Waals surface area (Å²) in [5.41, 5.74) is 0. The van der Waals surface area contributed by atoms with Crippen LogP contribution in [0.1, 0.15) is 421 Å². The molecular formula is C82H160O17P2. The van der Waals surface area contributed by atoms with E-state index >= 15 is 0 Å². The van der Waals surface area contributed by atoms with Crippen molar-refractivity contribution in [2.45, 2.75) is 440 Å². The second kappa shape index (κ2) is 71.0. The van der Waals surface area contributed by atoms with Crippen LogP contribution in [0.15, 0.2) is 0 Å². The predicted octanol–water partition coefficient (Wildman–Crippen LogP) is 24.4. The molecule has 17 nitrogen and oxygen atoms in total. The molecule has 6 atom stereocenters. The van der Waals surface area contributed by atoms with Crippen LogP contribution in [-0.2, 0) is 65.4 Å². The maximum Gasteiger partial charge on any atom is 0.472 e. The molecular weight excluding hydrogens is 1320 g/mol. The molecule has 0 heterocycles. The number of aliphatic hydroxyl groups is 1. The van der Waals surface area contributed by atoms with Crippen molar-refractivity contribution in [1.82, 2.24) is 0 Å². The lowest BCUT2D eigenvalue weighted by Gasteiger charge is -2.21. The summed E-state index contributed by atoms with van der Waals surface area (Å²) < 4.78 is 68.8. The number of carbonyl (C=O) groups excluding carboxylic acids is 4. The third-order valence-corrected chi connectivity index (χ3v) is 21.3. The molecule has 0 saturated carbocycles. The Bertz CT molecular complexity index is 1970. The summed E-state index contributed by atoms with van der Waals surface area (Å²) in [4.78, 5) is 73.1. The number of aliphatic hydroxyl groups excluding tert-OH is 1. The molecule has 0 rings (SSSR count). The number of esters is 4. The van der Waals surface area contributed by atoms with E-state index in [0.717, 1.165) is 114 Å². The van der Waals surface area contributed by atoms with Crippen LogP contribution >= 0.6 is 15.6 Å². The lowest BCUT2D eigenvalue weighted by molar-refractivity contribution is -0.161. The minimum absolute atomic E-state index is 0.106. The highest BCUT2D eigenvalue weighted by molar-refractivity contribution is 7.47. The first-order valence-electron chi connectivity index (χ1n) is 42.2. The first kappa shape index (κ1) is 99.1. The Morgan fingerprint density at radius 3 is 0.703 bits per heavy atom. The third kappa shape index (κ3) is 74.7. The monoisotopic (exact) mass is 1480 g/mol. The van der Waals surface area contributed by atoms with Crippen molar-refractivity contribution < 1.29 is 80.2 Å². The summed E-state index contributed by atoms with van der Waals surface area (Å²) in [5, 5.41) is 10.7. The number of phosphoric acid groups is 2. The third-order valence-electron chi connectivity index (χ3n) is 19.4. The molecule has 0 aliphatic heterocycles. The molecule has 101 heavy (non-hydrogen) atoms. The molecule has 0 radical (unpaired) electrons. The van der Waals surface area contributed by atoms with E-state index in [2.05, 4.69) is 55.4 Å². The molecule has 3 unspecified atom stereocenters. The molecule has 0 spiro atoms. The Kier molecular flexibility index (Phi) is 69.6. The minimum Gasteiger partial charge on any atom is -0.462 e. The Morgan fingerprint density at radius 2 is 0.475 bits per heavy atom. The Morgan fingerprint density at radius 1 is 0.277 bits per heavy atom. The maximum atomic E-state index is 13.1. The topological polar surface area (TPSA) is 237 Å². The highest BCUT2D eigenvalue weighted by Crippen LogP contribution is 2.45. The Labute approximate surface area is 619 Å². The van der Waals surface area contributed by atoms with Crippen molar-refractivity contribution >= 4 is 39.5 Å². The van der Waals surface area contributed by atoms with Crippen LogP contribution in [0.5, 0.6) is 0 Å². The maximum absolute atomic E-state index is 13.1. The second-order valence-corrected chi connectivity index (χ2v) is 34.1. The molecule has 0 fully saturated rings. The van der Waals surface area contributed by atoms with Gasteiger partial charge in [0.2, 0.25) is 0 Å². The van der Waals surface area contributed by atoms with Gasteiger partial charge in [0.25, 0.3) is 0 Å². The first-order valence-corrected chi connectivity index (χ1v) is 45.2. The van der Waals surface area contributed by atoms with Crippen molar-refractivity contribution in [2.75, 3.05) is 39.6 Å². The van der Waals surface area contributed by atoms with Gasteiger partial charge < -0.3 is 33.8 Å². The predicted molar refractivity (Wildman–Crippen MR) is 414 cm³/mol. The van der Waals surface area contributed by atoms with Crippen LogP contribution in [-0.4, -0.2) is 96.7 Å². The van der Waals surface area contributed by atoms with Crippen molar-refractivity contribution in [3.8, 4) is 0 Å². The molecule has 0 bridgehead atoms. The van der Waals surface area contributed by atoms with Crippen LogP contribution in [0.2, 0.25) is 0 Å². The van der Waals surface area contributed by atoms with Gasteiger partial charge in [-0.05, 0) is 49.4 Å². The Hall–Kier alpha value is -1.94. The summed E-state index contributed by atoms with van der Waals surface area (Å²) >= 11 is 0. The molecule has 600 valence electrons. The average molecular weight is 1480 g/mol.